The van der Waals surface area contributed by atoms with Crippen molar-refractivity contribution in [2.45, 2.75) is 32.3 Å². The minimum Gasteiger partial charge on any atom is -0.496 e. The Labute approximate surface area is 156 Å². The van der Waals surface area contributed by atoms with Crippen molar-refractivity contribution in [2.24, 2.45) is 0 Å². The number of ether oxygens (including phenoxy) is 4. The lowest BCUT2D eigenvalue weighted by molar-refractivity contribution is 0.185. The van der Waals surface area contributed by atoms with Crippen LogP contribution in [0.25, 0.3) is 21.9 Å². The minimum absolute atomic E-state index is 0.0731. The summed E-state index contributed by atoms with van der Waals surface area (Å²) in [6.07, 6.45) is -0.0731. The molecule has 6 heteroatoms. The Balaban J connectivity index is 2.25. The van der Waals surface area contributed by atoms with Crippen LogP contribution >= 0.6 is 0 Å². The number of benzene rings is 2. The predicted molar refractivity (Wildman–Crippen MR) is 103 cm³/mol. The molecule has 1 aromatic heterocycles. The maximum atomic E-state index is 13.4. The molecule has 1 atom stereocenters. The molecule has 2 heterocycles. The van der Waals surface area contributed by atoms with Crippen molar-refractivity contribution in [3.8, 4) is 23.0 Å². The van der Waals surface area contributed by atoms with Crippen molar-refractivity contribution in [2.75, 3.05) is 21.3 Å². The second kappa shape index (κ2) is 5.81. The Morgan fingerprint density at radius 2 is 1.70 bits per heavy atom. The van der Waals surface area contributed by atoms with E-state index in [9.17, 15) is 4.79 Å². The minimum atomic E-state index is -0.338. The van der Waals surface area contributed by atoms with Crippen LogP contribution in [0.3, 0.4) is 0 Å². The van der Waals surface area contributed by atoms with E-state index in [0.717, 1.165) is 5.56 Å². The number of hydrogen-bond donors (Lipinski definition) is 0. The van der Waals surface area contributed by atoms with Crippen molar-refractivity contribution >= 4 is 21.9 Å². The summed E-state index contributed by atoms with van der Waals surface area (Å²) in [4.78, 5) is 13.4. The third kappa shape index (κ3) is 2.22. The second-order valence-corrected chi connectivity index (χ2v) is 7.25. The van der Waals surface area contributed by atoms with E-state index in [4.69, 9.17) is 23.4 Å². The second-order valence-electron chi connectivity index (χ2n) is 7.25. The van der Waals surface area contributed by atoms with Crippen molar-refractivity contribution in [3.63, 3.8) is 0 Å². The van der Waals surface area contributed by atoms with E-state index in [0.29, 0.717) is 44.9 Å². The van der Waals surface area contributed by atoms with E-state index >= 15 is 0 Å². The van der Waals surface area contributed by atoms with E-state index < -0.39 is 0 Å². The lowest BCUT2D eigenvalue weighted by Gasteiger charge is -2.22. The SMILES string of the molecule is COc1ccc2c(=O)c3c(OC)cc4c(c3oc2c1OC)C(C)(C)C(C)O4. The molecule has 27 heavy (non-hydrogen) atoms. The number of methoxy groups -OCH3 is 3. The smallest absolute Gasteiger partial charge is 0.204 e. The van der Waals surface area contributed by atoms with Crippen LogP contribution in [0.4, 0.5) is 0 Å². The fourth-order valence-corrected chi connectivity index (χ4v) is 3.75. The highest BCUT2D eigenvalue weighted by atomic mass is 16.5. The summed E-state index contributed by atoms with van der Waals surface area (Å²) in [5.74, 6) is 1.98. The monoisotopic (exact) mass is 370 g/mol. The van der Waals surface area contributed by atoms with Crippen LogP contribution in [0.5, 0.6) is 23.0 Å². The molecule has 1 unspecified atom stereocenters. The van der Waals surface area contributed by atoms with Crippen LogP contribution in [0.15, 0.2) is 27.4 Å². The van der Waals surface area contributed by atoms with Crippen molar-refractivity contribution in [1.82, 2.24) is 0 Å². The van der Waals surface area contributed by atoms with E-state index in [2.05, 4.69) is 13.8 Å². The normalized spacial score (nSPS) is 17.6. The molecule has 0 saturated carbocycles. The first-order valence-corrected chi connectivity index (χ1v) is 8.74. The summed E-state index contributed by atoms with van der Waals surface area (Å²) < 4.78 is 28.7. The first kappa shape index (κ1) is 17.5. The molecule has 0 radical (unpaired) electrons. The van der Waals surface area contributed by atoms with Crippen LogP contribution in [-0.4, -0.2) is 27.4 Å². The Hall–Kier alpha value is -2.89. The molecule has 142 valence electrons. The molecule has 0 aliphatic carbocycles. The van der Waals surface area contributed by atoms with Gasteiger partial charge in [0.2, 0.25) is 11.2 Å². The molecule has 3 aromatic rings. The molecule has 4 rings (SSSR count). The van der Waals surface area contributed by atoms with E-state index in [-0.39, 0.29) is 16.9 Å². The highest BCUT2D eigenvalue weighted by Gasteiger charge is 2.42. The molecule has 6 nitrogen and oxygen atoms in total. The summed E-state index contributed by atoms with van der Waals surface area (Å²) in [5, 5.41) is 0.810. The van der Waals surface area contributed by atoms with Crippen LogP contribution in [-0.2, 0) is 5.41 Å². The maximum Gasteiger partial charge on any atom is 0.204 e. The molecule has 0 bridgehead atoms. The Kier molecular flexibility index (Phi) is 3.77. The fraction of sp³-hybridized carbons (Fsp3) is 0.381. The lowest BCUT2D eigenvalue weighted by Crippen LogP contribution is -2.29. The summed E-state index contributed by atoms with van der Waals surface area (Å²) in [7, 11) is 4.59. The average molecular weight is 370 g/mol. The van der Waals surface area contributed by atoms with Gasteiger partial charge in [0.05, 0.1) is 26.7 Å². The molecule has 0 N–H and O–H groups in total. The Morgan fingerprint density at radius 3 is 2.33 bits per heavy atom. The van der Waals surface area contributed by atoms with E-state index in [1.165, 1.54) is 14.2 Å². The van der Waals surface area contributed by atoms with Gasteiger partial charge in [0.25, 0.3) is 0 Å². The van der Waals surface area contributed by atoms with Gasteiger partial charge in [-0.1, -0.05) is 13.8 Å². The average Bonchev–Trinajstić information content (AvgIpc) is 2.88. The molecule has 1 aliphatic heterocycles. The van der Waals surface area contributed by atoms with Gasteiger partial charge in [0.1, 0.15) is 28.6 Å². The first-order valence-electron chi connectivity index (χ1n) is 8.74. The van der Waals surface area contributed by atoms with Gasteiger partial charge >= 0.3 is 0 Å². The van der Waals surface area contributed by atoms with Gasteiger partial charge in [0.15, 0.2) is 11.3 Å². The zero-order valence-electron chi connectivity index (χ0n) is 16.3. The zero-order valence-corrected chi connectivity index (χ0v) is 16.3. The topological polar surface area (TPSA) is 67.1 Å². The molecule has 2 aromatic carbocycles. The van der Waals surface area contributed by atoms with Crippen molar-refractivity contribution < 1.29 is 23.4 Å². The molecule has 0 amide bonds. The number of fused-ring (bicyclic) bond motifs is 4. The van der Waals surface area contributed by atoms with Gasteiger partial charge in [-0.25, -0.2) is 0 Å². The van der Waals surface area contributed by atoms with Gasteiger partial charge in [-0.3, -0.25) is 4.79 Å². The lowest BCUT2D eigenvalue weighted by atomic mass is 9.81. The van der Waals surface area contributed by atoms with Crippen molar-refractivity contribution in [1.29, 1.82) is 0 Å². The van der Waals surface area contributed by atoms with E-state index in [1.54, 1.807) is 25.3 Å². The number of rotatable bonds is 3. The summed E-state index contributed by atoms with van der Waals surface area (Å²) in [6.45, 7) is 6.14. The van der Waals surface area contributed by atoms with Gasteiger partial charge in [0, 0.05) is 17.0 Å². The number of hydrogen-bond acceptors (Lipinski definition) is 6. The highest BCUT2D eigenvalue weighted by Crippen LogP contribution is 2.49. The quantitative estimate of drug-likeness (QED) is 0.649. The van der Waals surface area contributed by atoms with Crippen molar-refractivity contribution in [3.05, 3.63) is 34.0 Å². The summed E-state index contributed by atoms with van der Waals surface area (Å²) >= 11 is 0. The fourth-order valence-electron chi connectivity index (χ4n) is 3.75. The third-order valence-electron chi connectivity index (χ3n) is 5.57. The molecule has 1 aliphatic rings. The maximum absolute atomic E-state index is 13.4. The highest BCUT2D eigenvalue weighted by molar-refractivity contribution is 5.99. The molecular formula is C21H22O6. The van der Waals surface area contributed by atoms with Gasteiger partial charge in [-0.15, -0.1) is 0 Å². The van der Waals surface area contributed by atoms with Crippen LogP contribution < -0.4 is 24.4 Å². The van der Waals surface area contributed by atoms with Crippen LogP contribution in [0.2, 0.25) is 0 Å². The molecule has 0 spiro atoms. The van der Waals surface area contributed by atoms with Gasteiger partial charge in [-0.05, 0) is 19.1 Å². The molecular weight excluding hydrogens is 348 g/mol. The van der Waals surface area contributed by atoms with Gasteiger partial charge in [-0.2, -0.15) is 0 Å². The third-order valence-corrected chi connectivity index (χ3v) is 5.57. The largest absolute Gasteiger partial charge is 0.496 e. The summed E-state index contributed by atoms with van der Waals surface area (Å²) in [5.41, 5.74) is 1.15. The Bertz CT molecular complexity index is 1130. The van der Waals surface area contributed by atoms with Crippen LogP contribution in [0, 0.1) is 0 Å². The molecule has 0 fully saturated rings. The van der Waals surface area contributed by atoms with Crippen LogP contribution in [0.1, 0.15) is 26.3 Å². The Morgan fingerprint density at radius 1 is 1.00 bits per heavy atom. The first-order chi connectivity index (χ1) is 12.8. The van der Waals surface area contributed by atoms with E-state index in [1.807, 2.05) is 6.92 Å². The molecule has 0 saturated heterocycles. The van der Waals surface area contributed by atoms with Gasteiger partial charge < -0.3 is 23.4 Å². The zero-order chi connectivity index (χ0) is 19.5. The standard InChI is InChI=1S/C21H22O6/c1-10-21(2,3)16-14(26-10)9-13(24-5)15-17(22)11-7-8-12(23-4)19(25-6)18(11)27-20(15)16/h7-10H,1-6H3. The summed E-state index contributed by atoms with van der Waals surface area (Å²) in [6, 6.07) is 5.14. The predicted octanol–water partition coefficient (Wildman–Crippen LogP) is 4.03.